The van der Waals surface area contributed by atoms with Gasteiger partial charge in [0.2, 0.25) is 11.8 Å². The maximum atomic E-state index is 12.8. The third kappa shape index (κ3) is 4.19. The molecule has 0 aromatic carbocycles. The third-order valence-electron chi connectivity index (χ3n) is 5.10. The number of nitrogens with zero attached hydrogens (tertiary/aromatic N) is 5. The van der Waals surface area contributed by atoms with Crippen LogP contribution in [0.15, 0.2) is 12.4 Å². The fourth-order valence-electron chi connectivity index (χ4n) is 3.59. The monoisotopic (exact) mass is 348 g/mol. The van der Waals surface area contributed by atoms with Gasteiger partial charge in [-0.2, -0.15) is 5.10 Å². The number of hydrogen-bond donors (Lipinski definition) is 1. The quantitative estimate of drug-likeness (QED) is 0.773. The van der Waals surface area contributed by atoms with Crippen molar-refractivity contribution in [2.75, 3.05) is 52.9 Å². The van der Waals surface area contributed by atoms with Crippen LogP contribution >= 0.6 is 0 Å². The Bertz CT molecular complexity index is 602. The molecule has 2 amide bonds. The maximum Gasteiger partial charge on any atom is 0.244 e. The Kier molecular flexibility index (Phi) is 5.70. The molecule has 0 spiro atoms. The van der Waals surface area contributed by atoms with E-state index in [2.05, 4.69) is 15.3 Å². The average molecular weight is 348 g/mol. The van der Waals surface area contributed by atoms with Crippen molar-refractivity contribution in [2.24, 2.45) is 7.05 Å². The van der Waals surface area contributed by atoms with Crippen LogP contribution in [0.25, 0.3) is 0 Å². The van der Waals surface area contributed by atoms with Crippen LogP contribution in [-0.4, -0.2) is 89.2 Å². The molecule has 0 radical (unpaired) electrons. The van der Waals surface area contributed by atoms with E-state index < -0.39 is 0 Å². The Morgan fingerprint density at radius 1 is 1.12 bits per heavy atom. The molecule has 2 saturated heterocycles. The van der Waals surface area contributed by atoms with Crippen LogP contribution in [0.3, 0.4) is 0 Å². The summed E-state index contributed by atoms with van der Waals surface area (Å²) in [4.78, 5) is 31.1. The Balaban J connectivity index is 1.50. The second kappa shape index (κ2) is 7.97. The minimum absolute atomic E-state index is 0.0704. The summed E-state index contributed by atoms with van der Waals surface area (Å²) in [5.41, 5.74) is 0.877. The fraction of sp³-hybridized carbons (Fsp3) is 0.706. The molecule has 2 aliphatic rings. The zero-order valence-electron chi connectivity index (χ0n) is 15.1. The van der Waals surface area contributed by atoms with Gasteiger partial charge in [0, 0.05) is 58.1 Å². The number of likely N-dealkylation sites (N-methyl/N-ethyl adjacent to an activating group) is 1. The summed E-state index contributed by atoms with van der Waals surface area (Å²) in [6, 6.07) is -0.369. The summed E-state index contributed by atoms with van der Waals surface area (Å²) in [5, 5.41) is 7.24. The largest absolute Gasteiger partial charge is 0.342 e. The standard InChI is InChI=1S/C17H28N6O2/c1-18-16(14-11-19-20(2)12-14)17(25)23-9-7-21(8-10-23)13-15(24)22-5-3-4-6-22/h11-12,16,18H,3-10,13H2,1-2H3. The fourth-order valence-corrected chi connectivity index (χ4v) is 3.59. The maximum absolute atomic E-state index is 12.8. The number of carbonyl (C=O) groups excluding carboxylic acids is 2. The van der Waals surface area contributed by atoms with Gasteiger partial charge in [0.05, 0.1) is 12.7 Å². The van der Waals surface area contributed by atoms with Gasteiger partial charge < -0.3 is 15.1 Å². The number of aryl methyl sites for hydroxylation is 1. The van der Waals surface area contributed by atoms with Crippen molar-refractivity contribution in [2.45, 2.75) is 18.9 Å². The molecule has 1 aromatic rings. The Morgan fingerprint density at radius 2 is 1.80 bits per heavy atom. The topological polar surface area (TPSA) is 73.7 Å². The van der Waals surface area contributed by atoms with Crippen molar-refractivity contribution in [3.63, 3.8) is 0 Å². The molecule has 3 heterocycles. The molecule has 8 nitrogen and oxygen atoms in total. The van der Waals surface area contributed by atoms with Gasteiger partial charge in [-0.1, -0.05) is 0 Å². The zero-order valence-corrected chi connectivity index (χ0v) is 15.1. The smallest absolute Gasteiger partial charge is 0.244 e. The second-order valence-corrected chi connectivity index (χ2v) is 6.86. The van der Waals surface area contributed by atoms with Gasteiger partial charge in [0.15, 0.2) is 0 Å². The Labute approximate surface area is 148 Å². The normalized spacial score (nSPS) is 20.1. The number of hydrogen-bond acceptors (Lipinski definition) is 5. The first kappa shape index (κ1) is 17.9. The van der Waals surface area contributed by atoms with Gasteiger partial charge in [-0.05, 0) is 19.9 Å². The van der Waals surface area contributed by atoms with E-state index in [1.54, 1.807) is 17.9 Å². The lowest BCUT2D eigenvalue weighted by atomic mass is 10.1. The molecule has 0 aliphatic carbocycles. The second-order valence-electron chi connectivity index (χ2n) is 6.86. The van der Waals surface area contributed by atoms with E-state index in [1.165, 1.54) is 0 Å². The van der Waals surface area contributed by atoms with Crippen molar-refractivity contribution in [3.8, 4) is 0 Å². The highest BCUT2D eigenvalue weighted by Crippen LogP contribution is 2.16. The number of amides is 2. The SMILES string of the molecule is CNC(C(=O)N1CCN(CC(=O)N2CCCC2)CC1)c1cnn(C)c1. The predicted molar refractivity (Wildman–Crippen MR) is 93.8 cm³/mol. The molecule has 0 bridgehead atoms. The van der Waals surface area contributed by atoms with E-state index in [0.29, 0.717) is 19.6 Å². The average Bonchev–Trinajstić information content (AvgIpc) is 3.28. The lowest BCUT2D eigenvalue weighted by Gasteiger charge is -2.36. The highest BCUT2D eigenvalue weighted by atomic mass is 16.2. The highest BCUT2D eigenvalue weighted by Gasteiger charge is 2.29. The first-order chi connectivity index (χ1) is 12.1. The molecule has 1 unspecified atom stereocenters. The van der Waals surface area contributed by atoms with E-state index in [-0.39, 0.29) is 17.9 Å². The molecule has 1 aromatic heterocycles. The molecule has 3 rings (SSSR count). The summed E-state index contributed by atoms with van der Waals surface area (Å²) < 4.78 is 1.70. The summed E-state index contributed by atoms with van der Waals surface area (Å²) >= 11 is 0. The van der Waals surface area contributed by atoms with E-state index >= 15 is 0 Å². The van der Waals surface area contributed by atoms with Crippen molar-refractivity contribution in [1.82, 2.24) is 29.8 Å². The third-order valence-corrected chi connectivity index (χ3v) is 5.10. The molecular formula is C17H28N6O2. The summed E-state index contributed by atoms with van der Waals surface area (Å²) in [6.45, 7) is 5.07. The number of aromatic nitrogens is 2. The minimum atomic E-state index is -0.369. The van der Waals surface area contributed by atoms with Crippen LogP contribution in [0.4, 0.5) is 0 Å². The van der Waals surface area contributed by atoms with Crippen molar-refractivity contribution in [3.05, 3.63) is 18.0 Å². The molecule has 2 aliphatic heterocycles. The molecular weight excluding hydrogens is 320 g/mol. The number of rotatable bonds is 5. The van der Waals surface area contributed by atoms with Crippen molar-refractivity contribution in [1.29, 1.82) is 0 Å². The molecule has 2 fully saturated rings. The van der Waals surface area contributed by atoms with Crippen LogP contribution < -0.4 is 5.32 Å². The molecule has 8 heteroatoms. The first-order valence-electron chi connectivity index (χ1n) is 9.03. The summed E-state index contributed by atoms with van der Waals surface area (Å²) in [7, 11) is 3.64. The van der Waals surface area contributed by atoms with Gasteiger partial charge in [-0.25, -0.2) is 0 Å². The van der Waals surface area contributed by atoms with Crippen molar-refractivity contribution < 1.29 is 9.59 Å². The highest BCUT2D eigenvalue weighted by molar-refractivity contribution is 5.83. The van der Waals surface area contributed by atoms with E-state index in [1.807, 2.05) is 23.0 Å². The van der Waals surface area contributed by atoms with Crippen LogP contribution in [-0.2, 0) is 16.6 Å². The molecule has 1 N–H and O–H groups in total. The van der Waals surface area contributed by atoms with Crippen LogP contribution in [0.1, 0.15) is 24.4 Å². The van der Waals surface area contributed by atoms with Gasteiger partial charge in [-0.15, -0.1) is 0 Å². The van der Waals surface area contributed by atoms with Crippen LogP contribution in [0.2, 0.25) is 0 Å². The Hall–Kier alpha value is -1.93. The molecule has 25 heavy (non-hydrogen) atoms. The number of nitrogens with one attached hydrogen (secondary N) is 1. The van der Waals surface area contributed by atoms with Crippen LogP contribution in [0, 0.1) is 0 Å². The first-order valence-corrected chi connectivity index (χ1v) is 9.03. The van der Waals surface area contributed by atoms with E-state index in [4.69, 9.17) is 0 Å². The summed E-state index contributed by atoms with van der Waals surface area (Å²) in [6.07, 6.45) is 5.83. The Morgan fingerprint density at radius 3 is 2.36 bits per heavy atom. The van der Waals surface area contributed by atoms with Gasteiger partial charge >= 0.3 is 0 Å². The lowest BCUT2D eigenvalue weighted by molar-refractivity contribution is -0.136. The van der Waals surface area contributed by atoms with Gasteiger partial charge in [0.25, 0.3) is 0 Å². The number of carbonyl (C=O) groups is 2. The lowest BCUT2D eigenvalue weighted by Crippen LogP contribution is -2.53. The number of likely N-dealkylation sites (tertiary alicyclic amines) is 1. The van der Waals surface area contributed by atoms with Crippen molar-refractivity contribution >= 4 is 11.8 Å². The van der Waals surface area contributed by atoms with E-state index in [9.17, 15) is 9.59 Å². The summed E-state index contributed by atoms with van der Waals surface area (Å²) in [5.74, 6) is 0.293. The predicted octanol–water partition coefficient (Wildman–Crippen LogP) is -0.553. The minimum Gasteiger partial charge on any atom is -0.342 e. The van der Waals surface area contributed by atoms with E-state index in [0.717, 1.165) is 44.6 Å². The van der Waals surface area contributed by atoms with Crippen LogP contribution in [0.5, 0.6) is 0 Å². The number of piperazine rings is 1. The molecule has 1 atom stereocenters. The molecule has 0 saturated carbocycles. The zero-order chi connectivity index (χ0) is 17.8. The van der Waals surface area contributed by atoms with Gasteiger partial charge in [0.1, 0.15) is 6.04 Å². The van der Waals surface area contributed by atoms with Gasteiger partial charge in [-0.3, -0.25) is 19.2 Å². The molecule has 138 valence electrons.